The molecule has 0 saturated heterocycles. The molecule has 0 aliphatic rings. The van der Waals surface area contributed by atoms with E-state index in [9.17, 15) is 43.9 Å². The highest BCUT2D eigenvalue weighted by atomic mass is 32.2. The molecule has 0 aliphatic heterocycles. The van der Waals surface area contributed by atoms with Gasteiger partial charge in [0.2, 0.25) is 10.0 Å². The molecule has 0 aromatic heterocycles. The lowest BCUT2D eigenvalue weighted by Crippen LogP contribution is -2.60. The van der Waals surface area contributed by atoms with E-state index in [-0.39, 0.29) is 0 Å². The molecule has 0 radical (unpaired) electrons. The quantitative estimate of drug-likeness (QED) is 0.796. The van der Waals surface area contributed by atoms with Crippen LogP contribution in [0.3, 0.4) is 0 Å². The van der Waals surface area contributed by atoms with Crippen LogP contribution in [0, 0.1) is 0 Å². The molecule has 0 atom stereocenters. The molecule has 1 N–H and O–H groups in total. The Morgan fingerprint density at radius 3 is 1.72 bits per heavy atom. The fourth-order valence-electron chi connectivity index (χ4n) is 0.598. The zero-order valence-corrected chi connectivity index (χ0v) is 9.30. The monoisotopic (exact) mass is 305 g/mol. The zero-order chi connectivity index (χ0) is 15.0. The molecular formula is C6H6F7NO3S. The minimum absolute atomic E-state index is 0.428. The average Bonchev–Trinajstić information content (AvgIpc) is 2.15. The van der Waals surface area contributed by atoms with Crippen molar-refractivity contribution in [2.75, 3.05) is 5.75 Å². The van der Waals surface area contributed by atoms with Gasteiger partial charge in [-0.25, -0.2) is 13.1 Å². The second-order valence-electron chi connectivity index (χ2n) is 2.98. The molecule has 18 heavy (non-hydrogen) atoms. The van der Waals surface area contributed by atoms with Gasteiger partial charge in [0.15, 0.2) is 0 Å². The van der Waals surface area contributed by atoms with Gasteiger partial charge in [-0.1, -0.05) is 0 Å². The minimum Gasteiger partial charge on any atom is -0.267 e. The van der Waals surface area contributed by atoms with E-state index in [0.717, 1.165) is 6.92 Å². The predicted octanol–water partition coefficient (Wildman–Crippen LogP) is 1.29. The van der Waals surface area contributed by atoms with Crippen molar-refractivity contribution in [2.45, 2.75) is 24.9 Å². The van der Waals surface area contributed by atoms with Crippen molar-refractivity contribution < 1.29 is 43.9 Å². The normalized spacial score (nSPS) is 14.4. The van der Waals surface area contributed by atoms with Crippen molar-refractivity contribution in [3.05, 3.63) is 0 Å². The van der Waals surface area contributed by atoms with Gasteiger partial charge in [0.25, 0.3) is 0 Å². The first-order valence-electron chi connectivity index (χ1n) is 4.06. The Kier molecular flexibility index (Phi) is 4.28. The second kappa shape index (κ2) is 4.55. The third-order valence-corrected chi connectivity index (χ3v) is 2.92. The number of carbonyl (C=O) groups excluding carboxylic acids is 1. The lowest BCUT2D eigenvalue weighted by Gasteiger charge is -2.26. The fourth-order valence-corrected chi connectivity index (χ4v) is 1.15. The molecule has 108 valence electrons. The summed E-state index contributed by atoms with van der Waals surface area (Å²) in [5.41, 5.74) is 0. The third kappa shape index (κ3) is 3.03. The summed E-state index contributed by atoms with van der Waals surface area (Å²) < 4.78 is 106. The average molecular weight is 305 g/mol. The largest absolute Gasteiger partial charge is 0.460 e. The lowest BCUT2D eigenvalue weighted by molar-refractivity contribution is -0.343. The molecule has 12 heteroatoms. The number of hydrogen-bond acceptors (Lipinski definition) is 3. The van der Waals surface area contributed by atoms with Crippen LogP contribution in [0.25, 0.3) is 0 Å². The van der Waals surface area contributed by atoms with Crippen LogP contribution in [-0.2, 0) is 14.8 Å². The molecule has 0 fully saturated rings. The fraction of sp³-hybridized carbons (Fsp3) is 0.833. The zero-order valence-electron chi connectivity index (χ0n) is 8.49. The third-order valence-electron chi connectivity index (χ3n) is 1.66. The maximum Gasteiger partial charge on any atom is 0.460 e. The van der Waals surface area contributed by atoms with Crippen LogP contribution in [0.2, 0.25) is 0 Å². The van der Waals surface area contributed by atoms with E-state index in [1.54, 1.807) is 0 Å². The molecular weight excluding hydrogens is 299 g/mol. The minimum atomic E-state index is -6.70. The molecule has 0 saturated carbocycles. The number of alkyl halides is 7. The molecule has 0 aliphatic carbocycles. The first-order chi connectivity index (χ1) is 7.69. The lowest BCUT2D eigenvalue weighted by atomic mass is 10.1. The van der Waals surface area contributed by atoms with Gasteiger partial charge < -0.3 is 0 Å². The molecule has 0 bridgehead atoms. The van der Waals surface area contributed by atoms with Crippen LogP contribution in [0.4, 0.5) is 30.7 Å². The van der Waals surface area contributed by atoms with Crippen LogP contribution < -0.4 is 4.72 Å². The standard InChI is InChI=1S/C6H6F7NO3S/c1-2-18(16,17)14-3(15)4(7,8)5(9,10)6(11,12)13/h2H2,1H3,(H,14,15). The van der Waals surface area contributed by atoms with Gasteiger partial charge in [0.05, 0.1) is 5.75 Å². The Bertz CT molecular complexity index is 427. The maximum absolute atomic E-state index is 12.6. The number of nitrogens with one attached hydrogen (secondary N) is 1. The van der Waals surface area contributed by atoms with Crippen molar-refractivity contribution in [1.29, 1.82) is 0 Å². The van der Waals surface area contributed by atoms with Gasteiger partial charge in [-0.3, -0.25) is 4.79 Å². The number of sulfonamides is 1. The Balaban J connectivity index is 5.36. The summed E-state index contributed by atoms with van der Waals surface area (Å²) in [6, 6.07) is 0. The second-order valence-corrected chi connectivity index (χ2v) is 4.99. The van der Waals surface area contributed by atoms with Gasteiger partial charge in [-0.15, -0.1) is 0 Å². The number of halogens is 7. The first-order valence-corrected chi connectivity index (χ1v) is 5.71. The van der Waals surface area contributed by atoms with Crippen molar-refractivity contribution in [3.8, 4) is 0 Å². The van der Waals surface area contributed by atoms with E-state index in [0.29, 0.717) is 4.72 Å². The molecule has 0 heterocycles. The van der Waals surface area contributed by atoms with Crippen LogP contribution in [0.15, 0.2) is 0 Å². The van der Waals surface area contributed by atoms with Crippen LogP contribution in [-0.4, -0.2) is 38.1 Å². The first kappa shape index (κ1) is 16.9. The summed E-state index contributed by atoms with van der Waals surface area (Å²) in [7, 11) is -4.69. The summed E-state index contributed by atoms with van der Waals surface area (Å²) >= 11 is 0. The van der Waals surface area contributed by atoms with E-state index in [2.05, 4.69) is 0 Å². The van der Waals surface area contributed by atoms with E-state index in [1.807, 2.05) is 0 Å². The molecule has 0 aromatic carbocycles. The highest BCUT2D eigenvalue weighted by Crippen LogP contribution is 2.46. The van der Waals surface area contributed by atoms with E-state index >= 15 is 0 Å². The van der Waals surface area contributed by atoms with Gasteiger partial charge >= 0.3 is 23.9 Å². The molecule has 0 spiro atoms. The molecule has 1 amide bonds. The van der Waals surface area contributed by atoms with E-state index < -0.39 is 39.7 Å². The van der Waals surface area contributed by atoms with Crippen molar-refractivity contribution in [3.63, 3.8) is 0 Å². The maximum atomic E-state index is 12.6. The van der Waals surface area contributed by atoms with Gasteiger partial charge in [0, 0.05) is 0 Å². The molecule has 0 rings (SSSR count). The highest BCUT2D eigenvalue weighted by Gasteiger charge is 2.76. The molecule has 0 unspecified atom stereocenters. The summed E-state index contributed by atoms with van der Waals surface area (Å²) in [4.78, 5) is 10.5. The predicted molar refractivity (Wildman–Crippen MR) is 43.6 cm³/mol. The number of amides is 1. The van der Waals surface area contributed by atoms with E-state index in [4.69, 9.17) is 0 Å². The Hall–Kier alpha value is -1.07. The SMILES string of the molecule is CCS(=O)(=O)NC(=O)C(F)(F)C(F)(F)C(F)(F)F. The summed E-state index contributed by atoms with van der Waals surface area (Å²) in [5, 5.41) is 0. The number of carbonyl (C=O) groups is 1. The number of hydrogen-bond donors (Lipinski definition) is 1. The van der Waals surface area contributed by atoms with E-state index in [1.165, 1.54) is 0 Å². The Morgan fingerprint density at radius 1 is 1.06 bits per heavy atom. The Labute approximate surface area is 96.2 Å². The summed E-state index contributed by atoms with van der Waals surface area (Å²) in [6.07, 6.45) is -6.70. The van der Waals surface area contributed by atoms with Crippen molar-refractivity contribution >= 4 is 15.9 Å². The topological polar surface area (TPSA) is 63.2 Å². The van der Waals surface area contributed by atoms with Crippen molar-refractivity contribution in [1.82, 2.24) is 4.72 Å². The van der Waals surface area contributed by atoms with Gasteiger partial charge in [-0.05, 0) is 6.92 Å². The van der Waals surface area contributed by atoms with Gasteiger partial charge in [0.1, 0.15) is 0 Å². The van der Waals surface area contributed by atoms with Crippen LogP contribution in [0.5, 0.6) is 0 Å². The summed E-state index contributed by atoms with van der Waals surface area (Å²) in [5.74, 6) is -17.1. The summed E-state index contributed by atoms with van der Waals surface area (Å²) in [6.45, 7) is 0.857. The Morgan fingerprint density at radius 2 is 1.44 bits per heavy atom. The highest BCUT2D eigenvalue weighted by molar-refractivity contribution is 7.90. The molecule has 0 aromatic rings. The van der Waals surface area contributed by atoms with Crippen LogP contribution in [0.1, 0.15) is 6.92 Å². The molecule has 4 nitrogen and oxygen atoms in total. The number of rotatable bonds is 4. The van der Waals surface area contributed by atoms with Crippen molar-refractivity contribution in [2.24, 2.45) is 0 Å². The van der Waals surface area contributed by atoms with Crippen LogP contribution >= 0.6 is 0 Å². The smallest absolute Gasteiger partial charge is 0.267 e. The van der Waals surface area contributed by atoms with Gasteiger partial charge in [-0.2, -0.15) is 30.7 Å².